The molecule has 6 heteroatoms. The smallest absolute Gasteiger partial charge is 0.330 e. The number of carboxylic acid groups (broad SMARTS) is 1. The fraction of sp³-hybridized carbons (Fsp3) is 0.643. The van der Waals surface area contributed by atoms with Gasteiger partial charge in [-0.1, -0.05) is 12.5 Å². The molecule has 0 rings (SSSR count). The van der Waals surface area contributed by atoms with E-state index in [0.29, 0.717) is 25.7 Å². The summed E-state index contributed by atoms with van der Waals surface area (Å²) >= 11 is 0. The fourth-order valence-corrected chi connectivity index (χ4v) is 1.40. The molecule has 0 saturated carbocycles. The van der Waals surface area contributed by atoms with E-state index in [1.54, 1.807) is 13.0 Å². The monoisotopic (exact) mass is 286 g/mol. The summed E-state index contributed by atoms with van der Waals surface area (Å²) in [6, 6.07) is 0. The molecule has 0 aromatic heterocycles. The SMILES string of the molecule is CC=CC(=O)OCCCOC(=O)CCCCCC(=O)O. The molecule has 0 heterocycles. The maximum atomic E-state index is 11.3. The first-order valence-corrected chi connectivity index (χ1v) is 6.73. The molecule has 0 aliphatic heterocycles. The highest BCUT2D eigenvalue weighted by atomic mass is 16.5. The molecule has 6 nitrogen and oxygen atoms in total. The minimum atomic E-state index is -0.819. The quantitative estimate of drug-likeness (QED) is 0.355. The van der Waals surface area contributed by atoms with Gasteiger partial charge in [0.2, 0.25) is 0 Å². The van der Waals surface area contributed by atoms with E-state index < -0.39 is 11.9 Å². The average molecular weight is 286 g/mol. The highest BCUT2D eigenvalue weighted by Gasteiger charge is 2.04. The van der Waals surface area contributed by atoms with Crippen molar-refractivity contribution in [1.82, 2.24) is 0 Å². The van der Waals surface area contributed by atoms with Gasteiger partial charge in [0.15, 0.2) is 0 Å². The third kappa shape index (κ3) is 12.6. The molecule has 0 radical (unpaired) electrons. The van der Waals surface area contributed by atoms with Crippen LogP contribution in [0.4, 0.5) is 0 Å². The summed E-state index contributed by atoms with van der Waals surface area (Å²) in [5.41, 5.74) is 0. The van der Waals surface area contributed by atoms with Crippen LogP contribution < -0.4 is 0 Å². The number of aliphatic carboxylic acids is 1. The first kappa shape index (κ1) is 18.1. The molecule has 0 fully saturated rings. The van der Waals surface area contributed by atoms with E-state index in [9.17, 15) is 14.4 Å². The minimum Gasteiger partial charge on any atom is -0.481 e. The average Bonchev–Trinajstić information content (AvgIpc) is 2.38. The number of esters is 2. The van der Waals surface area contributed by atoms with Crippen LogP contribution in [0.1, 0.15) is 45.4 Å². The first-order chi connectivity index (χ1) is 9.56. The van der Waals surface area contributed by atoms with Crippen LogP contribution in [0.25, 0.3) is 0 Å². The third-order valence-corrected chi connectivity index (χ3v) is 2.37. The van der Waals surface area contributed by atoms with Gasteiger partial charge in [0.05, 0.1) is 13.2 Å². The molecule has 0 spiro atoms. The first-order valence-electron chi connectivity index (χ1n) is 6.73. The van der Waals surface area contributed by atoms with Crippen LogP contribution in [0.15, 0.2) is 12.2 Å². The van der Waals surface area contributed by atoms with Crippen molar-refractivity contribution in [2.75, 3.05) is 13.2 Å². The highest BCUT2D eigenvalue weighted by Crippen LogP contribution is 2.04. The van der Waals surface area contributed by atoms with Crippen LogP contribution in [0, 0.1) is 0 Å². The molecule has 0 aliphatic rings. The molecule has 0 aromatic rings. The molecule has 20 heavy (non-hydrogen) atoms. The van der Waals surface area contributed by atoms with E-state index in [0.717, 1.165) is 0 Å². The van der Waals surface area contributed by atoms with E-state index in [-0.39, 0.29) is 32.0 Å². The van der Waals surface area contributed by atoms with Gasteiger partial charge in [-0.05, 0) is 19.8 Å². The molecule has 114 valence electrons. The van der Waals surface area contributed by atoms with E-state index in [1.807, 2.05) is 0 Å². The van der Waals surface area contributed by atoms with Gasteiger partial charge in [0, 0.05) is 25.3 Å². The molecule has 0 aliphatic carbocycles. The number of rotatable bonds is 11. The third-order valence-electron chi connectivity index (χ3n) is 2.37. The van der Waals surface area contributed by atoms with Crippen LogP contribution in [0.3, 0.4) is 0 Å². The zero-order chi connectivity index (χ0) is 15.2. The molecule has 0 bridgehead atoms. The van der Waals surface area contributed by atoms with Crippen molar-refractivity contribution in [2.45, 2.75) is 45.4 Å². The van der Waals surface area contributed by atoms with Gasteiger partial charge < -0.3 is 14.6 Å². The number of carboxylic acids is 1. The van der Waals surface area contributed by atoms with Crippen LogP contribution in [-0.4, -0.2) is 36.2 Å². The Morgan fingerprint density at radius 1 is 0.950 bits per heavy atom. The molecule has 0 unspecified atom stereocenters. The molecule has 0 atom stereocenters. The zero-order valence-corrected chi connectivity index (χ0v) is 11.8. The Bertz CT molecular complexity index is 335. The molecule has 0 saturated heterocycles. The summed E-state index contributed by atoms with van der Waals surface area (Å²) in [7, 11) is 0. The van der Waals surface area contributed by atoms with Gasteiger partial charge >= 0.3 is 17.9 Å². The second-order valence-corrected chi connectivity index (χ2v) is 4.20. The number of allylic oxidation sites excluding steroid dienone is 1. The lowest BCUT2D eigenvalue weighted by molar-refractivity contribution is -0.144. The van der Waals surface area contributed by atoms with Crippen molar-refractivity contribution in [1.29, 1.82) is 0 Å². The lowest BCUT2D eigenvalue weighted by atomic mass is 10.1. The van der Waals surface area contributed by atoms with E-state index in [4.69, 9.17) is 14.6 Å². The zero-order valence-electron chi connectivity index (χ0n) is 11.8. The van der Waals surface area contributed by atoms with Crippen molar-refractivity contribution in [2.24, 2.45) is 0 Å². The normalized spacial score (nSPS) is 10.4. The maximum Gasteiger partial charge on any atom is 0.330 e. The second-order valence-electron chi connectivity index (χ2n) is 4.20. The van der Waals surface area contributed by atoms with Gasteiger partial charge in [0.1, 0.15) is 0 Å². The summed E-state index contributed by atoms with van der Waals surface area (Å²) in [6.07, 6.45) is 5.70. The van der Waals surface area contributed by atoms with Gasteiger partial charge in [-0.25, -0.2) is 4.79 Å². The number of ether oxygens (including phenoxy) is 2. The second kappa shape index (κ2) is 12.2. The topological polar surface area (TPSA) is 89.9 Å². The van der Waals surface area contributed by atoms with Crippen molar-refractivity contribution < 1.29 is 29.0 Å². The maximum absolute atomic E-state index is 11.3. The summed E-state index contributed by atoms with van der Waals surface area (Å²) in [5.74, 6) is -1.53. The number of unbranched alkanes of at least 4 members (excludes halogenated alkanes) is 2. The van der Waals surface area contributed by atoms with Crippen LogP contribution in [-0.2, 0) is 23.9 Å². The van der Waals surface area contributed by atoms with Crippen molar-refractivity contribution in [3.05, 3.63) is 12.2 Å². The van der Waals surface area contributed by atoms with E-state index in [1.165, 1.54) is 6.08 Å². The summed E-state index contributed by atoms with van der Waals surface area (Å²) in [5, 5.41) is 8.43. The Morgan fingerprint density at radius 2 is 1.60 bits per heavy atom. The van der Waals surface area contributed by atoms with Crippen molar-refractivity contribution in [3.8, 4) is 0 Å². The van der Waals surface area contributed by atoms with Crippen LogP contribution in [0.2, 0.25) is 0 Å². The predicted octanol–water partition coefficient (Wildman–Crippen LogP) is 2.07. The van der Waals surface area contributed by atoms with Crippen LogP contribution >= 0.6 is 0 Å². The van der Waals surface area contributed by atoms with Gasteiger partial charge in [-0.3, -0.25) is 9.59 Å². The standard InChI is InChI=1S/C14H22O6/c1-2-7-13(17)19-10-6-11-20-14(18)9-5-3-4-8-12(15)16/h2,7H,3-6,8-11H2,1H3,(H,15,16). The van der Waals surface area contributed by atoms with Crippen molar-refractivity contribution >= 4 is 17.9 Å². The van der Waals surface area contributed by atoms with Gasteiger partial charge in [-0.15, -0.1) is 0 Å². The highest BCUT2D eigenvalue weighted by molar-refractivity contribution is 5.81. The molecule has 0 aromatic carbocycles. The largest absolute Gasteiger partial charge is 0.481 e. The number of carbonyl (C=O) groups excluding carboxylic acids is 2. The summed E-state index contributed by atoms with van der Waals surface area (Å²) < 4.78 is 9.77. The van der Waals surface area contributed by atoms with Gasteiger partial charge in [0.25, 0.3) is 0 Å². The van der Waals surface area contributed by atoms with E-state index in [2.05, 4.69) is 0 Å². The Kier molecular flexibility index (Phi) is 11.1. The number of carbonyl (C=O) groups is 3. The Labute approximate surface area is 118 Å². The molecular formula is C14H22O6. The minimum absolute atomic E-state index is 0.132. The predicted molar refractivity (Wildman–Crippen MR) is 72.1 cm³/mol. The fourth-order valence-electron chi connectivity index (χ4n) is 1.40. The van der Waals surface area contributed by atoms with Crippen LogP contribution in [0.5, 0.6) is 0 Å². The molecular weight excluding hydrogens is 264 g/mol. The summed E-state index contributed by atoms with van der Waals surface area (Å²) in [4.78, 5) is 32.5. The Morgan fingerprint density at radius 3 is 2.25 bits per heavy atom. The Balaban J connectivity index is 3.36. The Hall–Kier alpha value is -1.85. The van der Waals surface area contributed by atoms with E-state index >= 15 is 0 Å². The van der Waals surface area contributed by atoms with Gasteiger partial charge in [-0.2, -0.15) is 0 Å². The molecule has 1 N–H and O–H groups in total. The lowest BCUT2D eigenvalue weighted by Gasteiger charge is -2.05. The number of hydrogen-bond donors (Lipinski definition) is 1. The number of hydrogen-bond acceptors (Lipinski definition) is 5. The molecule has 0 amide bonds. The van der Waals surface area contributed by atoms with Crippen molar-refractivity contribution in [3.63, 3.8) is 0 Å². The lowest BCUT2D eigenvalue weighted by Crippen LogP contribution is -2.09. The summed E-state index contributed by atoms with van der Waals surface area (Å²) in [6.45, 7) is 2.16.